The fourth-order valence-electron chi connectivity index (χ4n) is 5.89. The third-order valence-corrected chi connectivity index (χ3v) is 7.78. The van der Waals surface area contributed by atoms with E-state index in [9.17, 15) is 9.59 Å². The van der Waals surface area contributed by atoms with Crippen LogP contribution in [0.1, 0.15) is 58.8 Å². The van der Waals surface area contributed by atoms with Gasteiger partial charge in [-0.15, -0.1) is 0 Å². The quantitative estimate of drug-likeness (QED) is 0.431. The van der Waals surface area contributed by atoms with Crippen LogP contribution >= 0.6 is 0 Å². The molecule has 1 saturated carbocycles. The zero-order chi connectivity index (χ0) is 22.5. The fraction of sp³-hybridized carbons (Fsp3) is 0.913. The number of ether oxygens (including phenoxy) is 1. The first-order valence-corrected chi connectivity index (χ1v) is 12.8. The first kappa shape index (κ1) is 23.9. The summed E-state index contributed by atoms with van der Waals surface area (Å²) in [6.45, 7) is 9.06. The van der Waals surface area contributed by atoms with Gasteiger partial charge >= 0.3 is 5.97 Å². The summed E-state index contributed by atoms with van der Waals surface area (Å²) in [5.74, 6) is 0.114. The minimum atomic E-state index is -0.122. The Hall–Kier alpha value is -1.26. The number of rotatable bonds is 6. The van der Waals surface area contributed by atoms with Crippen LogP contribution in [0.25, 0.3) is 0 Å². The second kappa shape index (κ2) is 11.2. The molecule has 0 aromatic heterocycles. The third-order valence-electron chi connectivity index (χ3n) is 7.78. The molecule has 3 heterocycles. The molecular weight excluding hydrogens is 408 g/mol. The van der Waals surface area contributed by atoms with Crippen LogP contribution in [-0.2, 0) is 14.3 Å². The molecule has 4 atom stereocenters. The summed E-state index contributed by atoms with van der Waals surface area (Å²) in [5.41, 5.74) is 3.44. The van der Waals surface area contributed by atoms with Crippen molar-refractivity contribution in [3.63, 3.8) is 0 Å². The second-order valence-electron chi connectivity index (χ2n) is 9.87. The number of esters is 1. The molecule has 4 rings (SSSR count). The molecule has 1 amide bonds. The van der Waals surface area contributed by atoms with E-state index >= 15 is 0 Å². The second-order valence-corrected chi connectivity index (χ2v) is 9.87. The van der Waals surface area contributed by atoms with Crippen molar-refractivity contribution in [2.24, 2.45) is 11.8 Å². The van der Waals surface area contributed by atoms with Crippen molar-refractivity contribution in [3.05, 3.63) is 0 Å². The molecule has 32 heavy (non-hydrogen) atoms. The van der Waals surface area contributed by atoms with E-state index in [-0.39, 0.29) is 42.1 Å². The van der Waals surface area contributed by atoms with Crippen LogP contribution < -0.4 is 21.4 Å². The van der Waals surface area contributed by atoms with E-state index in [1.165, 1.54) is 6.42 Å². The number of hydrazine groups is 1. The zero-order valence-corrected chi connectivity index (χ0v) is 19.8. The maximum atomic E-state index is 13.0. The first-order valence-electron chi connectivity index (χ1n) is 12.8. The highest BCUT2D eigenvalue weighted by atomic mass is 16.5. The molecule has 4 N–H and O–H groups in total. The van der Waals surface area contributed by atoms with Gasteiger partial charge in [-0.3, -0.25) is 30.5 Å². The van der Waals surface area contributed by atoms with Crippen LogP contribution in [0.4, 0.5) is 0 Å². The lowest BCUT2D eigenvalue weighted by molar-refractivity contribution is -0.148. The number of hydrogen-bond acceptors (Lipinski definition) is 8. The van der Waals surface area contributed by atoms with Crippen LogP contribution in [0.5, 0.6) is 0 Å². The predicted octanol–water partition coefficient (Wildman–Crippen LogP) is 0.380. The molecule has 3 aliphatic heterocycles. The minimum Gasteiger partial charge on any atom is -0.466 e. The van der Waals surface area contributed by atoms with Gasteiger partial charge in [-0.25, -0.2) is 5.01 Å². The molecule has 4 aliphatic rings. The molecule has 1 aliphatic carbocycles. The summed E-state index contributed by atoms with van der Waals surface area (Å²) < 4.78 is 5.25. The van der Waals surface area contributed by atoms with Crippen molar-refractivity contribution < 1.29 is 14.3 Å². The van der Waals surface area contributed by atoms with Gasteiger partial charge in [-0.1, -0.05) is 0 Å². The van der Waals surface area contributed by atoms with Gasteiger partial charge in [0.05, 0.1) is 12.5 Å². The van der Waals surface area contributed by atoms with Gasteiger partial charge in [0.1, 0.15) is 6.29 Å². The Morgan fingerprint density at radius 1 is 1.06 bits per heavy atom. The maximum absolute atomic E-state index is 13.0. The van der Waals surface area contributed by atoms with E-state index in [0.717, 1.165) is 64.7 Å². The monoisotopic (exact) mass is 450 g/mol. The minimum absolute atomic E-state index is 0.111. The van der Waals surface area contributed by atoms with Gasteiger partial charge in [0.25, 0.3) is 0 Å². The molecule has 3 saturated heterocycles. The molecule has 0 aromatic carbocycles. The van der Waals surface area contributed by atoms with E-state index < -0.39 is 0 Å². The standard InChI is InChI=1S/C23H42N6O3/c1-3-32-22(31)20-15-26-29(16(20)2)19-7-4-6-18(14-19)27-21(30)17-8-12-28(13-9-17)23-24-10-5-11-25-23/h16-20,23-26H,3-15H2,1-2H3,(H,27,30). The smallest absolute Gasteiger partial charge is 0.311 e. The van der Waals surface area contributed by atoms with Crippen molar-refractivity contribution in [1.82, 2.24) is 31.3 Å². The normalized spacial score (nSPS) is 33.8. The van der Waals surface area contributed by atoms with Crippen molar-refractivity contribution in [3.8, 4) is 0 Å². The van der Waals surface area contributed by atoms with Crippen molar-refractivity contribution in [1.29, 1.82) is 0 Å². The molecule has 0 radical (unpaired) electrons. The number of carbonyl (C=O) groups excluding carboxylic acids is 2. The third kappa shape index (κ3) is 5.62. The fourth-order valence-corrected chi connectivity index (χ4v) is 5.89. The average Bonchev–Trinajstić information content (AvgIpc) is 3.21. The van der Waals surface area contributed by atoms with E-state index in [4.69, 9.17) is 4.74 Å². The number of hydrogen-bond donors (Lipinski definition) is 4. The molecule has 4 unspecified atom stereocenters. The lowest BCUT2D eigenvalue weighted by Crippen LogP contribution is -2.60. The van der Waals surface area contributed by atoms with Crippen molar-refractivity contribution in [2.45, 2.75) is 83.2 Å². The number of carbonyl (C=O) groups is 2. The van der Waals surface area contributed by atoms with Crippen molar-refractivity contribution >= 4 is 11.9 Å². The summed E-state index contributed by atoms with van der Waals surface area (Å²) >= 11 is 0. The van der Waals surface area contributed by atoms with Crippen LogP contribution in [0, 0.1) is 11.8 Å². The number of nitrogens with one attached hydrogen (secondary N) is 4. The lowest BCUT2D eigenvalue weighted by Gasteiger charge is -2.40. The van der Waals surface area contributed by atoms with Gasteiger partial charge < -0.3 is 10.1 Å². The van der Waals surface area contributed by atoms with Crippen LogP contribution in [0.3, 0.4) is 0 Å². The van der Waals surface area contributed by atoms with E-state index in [2.05, 4.69) is 38.2 Å². The van der Waals surface area contributed by atoms with Gasteiger partial charge in [0, 0.05) is 43.7 Å². The van der Waals surface area contributed by atoms with Gasteiger partial charge in [0.15, 0.2) is 0 Å². The van der Waals surface area contributed by atoms with E-state index in [1.54, 1.807) is 0 Å². The number of amides is 1. The van der Waals surface area contributed by atoms with Gasteiger partial charge in [-0.2, -0.15) is 0 Å². The van der Waals surface area contributed by atoms with Gasteiger partial charge in [0.2, 0.25) is 5.91 Å². The maximum Gasteiger partial charge on any atom is 0.311 e. The highest BCUT2D eigenvalue weighted by molar-refractivity contribution is 5.79. The Morgan fingerprint density at radius 2 is 1.81 bits per heavy atom. The Kier molecular flexibility index (Phi) is 8.39. The molecule has 9 heteroatoms. The number of piperidine rings is 1. The lowest BCUT2D eigenvalue weighted by atomic mass is 9.88. The Morgan fingerprint density at radius 3 is 2.53 bits per heavy atom. The summed E-state index contributed by atoms with van der Waals surface area (Å²) in [7, 11) is 0. The Balaban J connectivity index is 1.23. The molecule has 9 nitrogen and oxygen atoms in total. The molecule has 0 aromatic rings. The predicted molar refractivity (Wildman–Crippen MR) is 122 cm³/mol. The van der Waals surface area contributed by atoms with E-state index in [0.29, 0.717) is 19.2 Å². The molecule has 0 bridgehead atoms. The average molecular weight is 451 g/mol. The molecule has 0 spiro atoms. The first-order chi connectivity index (χ1) is 15.6. The number of nitrogens with zero attached hydrogens (tertiary/aromatic N) is 2. The number of likely N-dealkylation sites (tertiary alicyclic amines) is 1. The Bertz CT molecular complexity index is 635. The summed E-state index contributed by atoms with van der Waals surface area (Å²) in [4.78, 5) is 27.7. The molecule has 4 fully saturated rings. The Labute approximate surface area is 192 Å². The van der Waals surface area contributed by atoms with Crippen molar-refractivity contribution in [2.75, 3.05) is 39.3 Å². The summed E-state index contributed by atoms with van der Waals surface area (Å²) in [6, 6.07) is 0.671. The van der Waals surface area contributed by atoms with E-state index in [1.807, 2.05) is 6.92 Å². The summed E-state index contributed by atoms with van der Waals surface area (Å²) in [5, 5.41) is 12.7. The van der Waals surface area contributed by atoms with Crippen LogP contribution in [0.2, 0.25) is 0 Å². The highest BCUT2D eigenvalue weighted by Crippen LogP contribution is 2.29. The van der Waals surface area contributed by atoms with Gasteiger partial charge in [-0.05, 0) is 71.9 Å². The van der Waals surface area contributed by atoms with Crippen LogP contribution in [0.15, 0.2) is 0 Å². The topological polar surface area (TPSA) is 98.0 Å². The zero-order valence-electron chi connectivity index (χ0n) is 19.8. The van der Waals surface area contributed by atoms with Crippen LogP contribution in [-0.4, -0.2) is 85.5 Å². The largest absolute Gasteiger partial charge is 0.466 e. The molecule has 182 valence electrons. The highest BCUT2D eigenvalue weighted by Gasteiger charge is 2.41. The SMILES string of the molecule is CCOC(=O)C1CNN(C2CCCC(NC(=O)C3CCN(C4NCCCN4)CC3)C2)C1C. The summed E-state index contributed by atoms with van der Waals surface area (Å²) in [6.07, 6.45) is 7.46. The molecular formula is C23H42N6O3.